The van der Waals surface area contributed by atoms with Gasteiger partial charge in [-0.05, 0) is 49.2 Å². The molecule has 5 rings (SSSR count). The summed E-state index contributed by atoms with van der Waals surface area (Å²) in [4.78, 5) is 29.0. The van der Waals surface area contributed by atoms with Crippen LogP contribution in [0.15, 0.2) is 70.1 Å². The minimum Gasteiger partial charge on any atom is -0.354 e. The number of imide groups is 1. The fourth-order valence-electron chi connectivity index (χ4n) is 3.40. The number of hydrogen-bond acceptors (Lipinski definition) is 4. The van der Waals surface area contributed by atoms with Gasteiger partial charge in [-0.3, -0.25) is 9.59 Å². The van der Waals surface area contributed by atoms with E-state index in [1.165, 1.54) is 9.81 Å². The summed E-state index contributed by atoms with van der Waals surface area (Å²) in [6, 6.07) is 12.7. The van der Waals surface area contributed by atoms with E-state index in [1.807, 2.05) is 18.2 Å². The molecule has 2 aromatic carbocycles. The first-order chi connectivity index (χ1) is 12.2. The molecule has 25 heavy (non-hydrogen) atoms. The highest BCUT2D eigenvalue weighted by Crippen LogP contribution is 2.45. The molecular weight excluding hydrogens is 332 g/mol. The summed E-state index contributed by atoms with van der Waals surface area (Å²) in [6.07, 6.45) is 6.35. The molecule has 2 aliphatic heterocycles. The molecule has 0 unspecified atom stereocenters. The summed E-state index contributed by atoms with van der Waals surface area (Å²) in [5.74, 6) is -0.510. The Morgan fingerprint density at radius 2 is 1.76 bits per heavy atom. The summed E-state index contributed by atoms with van der Waals surface area (Å²) in [6.45, 7) is 0. The topological polar surface area (TPSA) is 49.4 Å². The number of fused-ring (bicyclic) bond motifs is 2. The van der Waals surface area contributed by atoms with Gasteiger partial charge in [0.25, 0.3) is 11.8 Å². The van der Waals surface area contributed by atoms with Gasteiger partial charge in [-0.2, -0.15) is 0 Å². The van der Waals surface area contributed by atoms with Gasteiger partial charge in [0.2, 0.25) is 0 Å². The van der Waals surface area contributed by atoms with Crippen molar-refractivity contribution in [2.75, 3.05) is 10.2 Å². The van der Waals surface area contributed by atoms with Gasteiger partial charge >= 0.3 is 0 Å². The summed E-state index contributed by atoms with van der Waals surface area (Å²) in [5.41, 5.74) is 3.72. The van der Waals surface area contributed by atoms with Crippen molar-refractivity contribution in [2.24, 2.45) is 0 Å². The number of anilines is 2. The second kappa shape index (κ2) is 5.36. The first-order valence-corrected chi connectivity index (χ1v) is 9.00. The van der Waals surface area contributed by atoms with Crippen LogP contribution in [-0.4, -0.2) is 11.8 Å². The molecule has 0 spiro atoms. The Balaban J connectivity index is 1.53. The molecule has 3 aliphatic rings. The summed E-state index contributed by atoms with van der Waals surface area (Å²) in [7, 11) is 0. The van der Waals surface area contributed by atoms with Crippen molar-refractivity contribution in [3.63, 3.8) is 0 Å². The Morgan fingerprint density at radius 3 is 2.52 bits per heavy atom. The number of nitrogens with zero attached hydrogens (tertiary/aromatic N) is 1. The molecule has 0 atom stereocenters. The van der Waals surface area contributed by atoms with E-state index in [-0.39, 0.29) is 11.8 Å². The third-order valence-corrected chi connectivity index (χ3v) is 5.87. The molecule has 0 fully saturated rings. The maximum atomic E-state index is 12.7. The van der Waals surface area contributed by atoms with E-state index in [1.54, 1.807) is 36.0 Å². The quantitative estimate of drug-likeness (QED) is 0.769. The van der Waals surface area contributed by atoms with Crippen LogP contribution in [0.5, 0.6) is 0 Å². The largest absolute Gasteiger partial charge is 0.354 e. The molecule has 2 heterocycles. The predicted molar refractivity (Wildman–Crippen MR) is 98.9 cm³/mol. The van der Waals surface area contributed by atoms with Gasteiger partial charge in [-0.25, -0.2) is 4.90 Å². The van der Waals surface area contributed by atoms with E-state index < -0.39 is 0 Å². The maximum Gasteiger partial charge on any atom is 0.266 e. The van der Waals surface area contributed by atoms with Crippen molar-refractivity contribution in [3.05, 3.63) is 76.3 Å². The maximum absolute atomic E-state index is 12.7. The summed E-state index contributed by atoms with van der Waals surface area (Å²) < 4.78 is 0. The Labute approximate surface area is 149 Å². The first kappa shape index (κ1) is 14.5. The number of allylic oxidation sites excluding steroid dienone is 3. The SMILES string of the molecule is O=C1c2ccccc2C(=O)N1c1ccc2c(c1)SC1=C(C=CCC1)N2. The number of thioether (sulfide) groups is 1. The normalized spacial score (nSPS) is 18.0. The van der Waals surface area contributed by atoms with Crippen molar-refractivity contribution < 1.29 is 9.59 Å². The van der Waals surface area contributed by atoms with Gasteiger partial charge < -0.3 is 5.32 Å². The standard InChI is InChI=1S/C20H14N2O2S/c23-19-13-5-1-2-6-14(13)20(24)22(19)12-9-10-16-18(11-12)25-17-8-4-3-7-15(17)21-16/h1-3,5-7,9-11,21H,4,8H2. The number of benzene rings is 2. The number of rotatable bonds is 1. The van der Waals surface area contributed by atoms with Crippen LogP contribution in [-0.2, 0) is 0 Å². The van der Waals surface area contributed by atoms with Crippen LogP contribution in [0, 0.1) is 0 Å². The molecule has 5 heteroatoms. The molecular formula is C20H14N2O2S. The second-order valence-corrected chi connectivity index (χ2v) is 7.31. The fourth-order valence-corrected chi connectivity index (χ4v) is 4.52. The molecule has 0 radical (unpaired) electrons. The Hall–Kier alpha value is -2.79. The highest BCUT2D eigenvalue weighted by molar-refractivity contribution is 8.03. The van der Waals surface area contributed by atoms with E-state index in [2.05, 4.69) is 17.5 Å². The van der Waals surface area contributed by atoms with Crippen molar-refractivity contribution >= 4 is 35.0 Å². The number of carbonyl (C=O) groups excluding carboxylic acids is 2. The number of hydrogen-bond donors (Lipinski definition) is 1. The average Bonchev–Trinajstić information content (AvgIpc) is 2.91. The van der Waals surface area contributed by atoms with Crippen LogP contribution < -0.4 is 10.2 Å². The van der Waals surface area contributed by atoms with Crippen molar-refractivity contribution in [1.82, 2.24) is 0 Å². The van der Waals surface area contributed by atoms with Gasteiger partial charge in [0.15, 0.2) is 0 Å². The van der Waals surface area contributed by atoms with E-state index in [9.17, 15) is 9.59 Å². The lowest BCUT2D eigenvalue weighted by molar-refractivity contribution is 0.0926. The molecule has 0 aromatic heterocycles. The highest BCUT2D eigenvalue weighted by Gasteiger charge is 2.36. The second-order valence-electron chi connectivity index (χ2n) is 6.18. The molecule has 0 saturated carbocycles. The van der Waals surface area contributed by atoms with Crippen molar-refractivity contribution in [3.8, 4) is 0 Å². The third kappa shape index (κ3) is 2.16. The van der Waals surface area contributed by atoms with Crippen LogP contribution in [0.4, 0.5) is 11.4 Å². The average molecular weight is 346 g/mol. The molecule has 122 valence electrons. The van der Waals surface area contributed by atoms with Crippen LogP contribution in [0.3, 0.4) is 0 Å². The first-order valence-electron chi connectivity index (χ1n) is 8.19. The van der Waals surface area contributed by atoms with Gasteiger partial charge in [0, 0.05) is 15.5 Å². The monoisotopic (exact) mass is 346 g/mol. The van der Waals surface area contributed by atoms with Crippen LogP contribution >= 0.6 is 11.8 Å². The lowest BCUT2D eigenvalue weighted by Gasteiger charge is -2.25. The van der Waals surface area contributed by atoms with Crippen LogP contribution in [0.25, 0.3) is 0 Å². The van der Waals surface area contributed by atoms with Crippen molar-refractivity contribution in [2.45, 2.75) is 17.7 Å². The van der Waals surface area contributed by atoms with Crippen molar-refractivity contribution in [1.29, 1.82) is 0 Å². The van der Waals surface area contributed by atoms with Gasteiger partial charge in [-0.1, -0.05) is 30.0 Å². The number of nitrogens with one attached hydrogen (secondary N) is 1. The molecule has 4 nitrogen and oxygen atoms in total. The van der Waals surface area contributed by atoms with Crippen LogP contribution in [0.2, 0.25) is 0 Å². The summed E-state index contributed by atoms with van der Waals surface area (Å²) >= 11 is 1.72. The zero-order chi connectivity index (χ0) is 17.0. The van der Waals surface area contributed by atoms with Gasteiger partial charge in [0.1, 0.15) is 0 Å². The molecule has 2 aromatic rings. The van der Waals surface area contributed by atoms with E-state index in [0.717, 1.165) is 29.1 Å². The lowest BCUT2D eigenvalue weighted by atomic mass is 10.1. The van der Waals surface area contributed by atoms with E-state index in [4.69, 9.17) is 0 Å². The fraction of sp³-hybridized carbons (Fsp3) is 0.100. The Kier molecular flexibility index (Phi) is 3.12. The van der Waals surface area contributed by atoms with Gasteiger partial charge in [0.05, 0.1) is 22.5 Å². The molecule has 2 amide bonds. The smallest absolute Gasteiger partial charge is 0.266 e. The molecule has 1 aliphatic carbocycles. The summed E-state index contributed by atoms with van der Waals surface area (Å²) in [5, 5.41) is 3.44. The van der Waals surface area contributed by atoms with Crippen LogP contribution in [0.1, 0.15) is 33.6 Å². The minimum absolute atomic E-state index is 0.255. The number of carbonyl (C=O) groups is 2. The predicted octanol–water partition coefficient (Wildman–Crippen LogP) is 4.57. The molecule has 0 bridgehead atoms. The molecule has 0 saturated heterocycles. The highest BCUT2D eigenvalue weighted by atomic mass is 32.2. The lowest BCUT2D eigenvalue weighted by Crippen LogP contribution is -2.29. The van der Waals surface area contributed by atoms with Gasteiger partial charge in [-0.15, -0.1) is 0 Å². The third-order valence-electron chi connectivity index (χ3n) is 4.64. The molecule has 1 N–H and O–H groups in total. The van der Waals surface area contributed by atoms with E-state index in [0.29, 0.717) is 16.8 Å². The van der Waals surface area contributed by atoms with E-state index >= 15 is 0 Å². The minimum atomic E-state index is -0.255. The Bertz CT molecular complexity index is 972. The zero-order valence-corrected chi connectivity index (χ0v) is 14.1. The zero-order valence-electron chi connectivity index (χ0n) is 13.3. The number of amides is 2. The Morgan fingerprint density at radius 1 is 1.00 bits per heavy atom.